The third-order valence-corrected chi connectivity index (χ3v) is 5.04. The number of methoxy groups -OCH3 is 1. The molecule has 1 aromatic heterocycles. The minimum atomic E-state index is -1.04. The fourth-order valence-electron chi connectivity index (χ4n) is 3.49. The number of hydrogen-bond acceptors (Lipinski definition) is 5. The molecule has 1 atom stereocenters. The summed E-state index contributed by atoms with van der Waals surface area (Å²) in [4.78, 5) is 41.4. The van der Waals surface area contributed by atoms with Crippen LogP contribution in [0.25, 0.3) is 0 Å². The number of ether oxygens (including phenoxy) is 1. The number of nitrogens with one attached hydrogen (secondary N) is 1. The minimum absolute atomic E-state index is 0.0204. The highest BCUT2D eigenvalue weighted by molar-refractivity contribution is 6.22. The lowest BCUT2D eigenvalue weighted by atomic mass is 10.1. The summed E-state index contributed by atoms with van der Waals surface area (Å²) in [6, 6.07) is 13.6. The molecule has 1 aliphatic heterocycles. The summed E-state index contributed by atoms with van der Waals surface area (Å²) >= 11 is 0. The second-order valence-electron chi connectivity index (χ2n) is 7.14. The Bertz CT molecular complexity index is 1130. The molecule has 1 aliphatic rings. The van der Waals surface area contributed by atoms with Crippen LogP contribution in [-0.2, 0) is 16.1 Å². The number of carbonyl (C=O) groups is 3. The number of furan rings is 1. The molecule has 1 fully saturated rings. The minimum Gasteiger partial charge on any atom is -0.497 e. The molecular weight excluding hydrogens is 417 g/mol. The average molecular weight is 437 g/mol. The molecule has 2 heterocycles. The molecule has 2 aromatic carbocycles. The number of carbonyl (C=O) groups excluding carboxylic acids is 3. The van der Waals surface area contributed by atoms with E-state index in [1.54, 1.807) is 36.4 Å². The molecular formula is C23H20FN3O5. The van der Waals surface area contributed by atoms with Crippen LogP contribution in [0.5, 0.6) is 5.75 Å². The lowest BCUT2D eigenvalue weighted by molar-refractivity contribution is -0.124. The van der Waals surface area contributed by atoms with Crippen molar-refractivity contribution >= 4 is 29.2 Å². The van der Waals surface area contributed by atoms with Gasteiger partial charge in [0.2, 0.25) is 5.91 Å². The molecule has 0 radical (unpaired) electrons. The van der Waals surface area contributed by atoms with E-state index in [0.29, 0.717) is 22.9 Å². The van der Waals surface area contributed by atoms with Gasteiger partial charge in [0, 0.05) is 11.8 Å². The Hall–Kier alpha value is -4.14. The van der Waals surface area contributed by atoms with Crippen LogP contribution in [0.15, 0.2) is 71.3 Å². The number of imide groups is 1. The Balaban J connectivity index is 1.59. The first-order valence-electron chi connectivity index (χ1n) is 9.82. The molecule has 0 spiro atoms. The average Bonchev–Trinajstić information content (AvgIpc) is 3.38. The number of amides is 4. The summed E-state index contributed by atoms with van der Waals surface area (Å²) in [7, 11) is 1.48. The quantitative estimate of drug-likeness (QED) is 0.568. The molecule has 164 valence electrons. The maximum atomic E-state index is 13.2. The van der Waals surface area contributed by atoms with E-state index in [-0.39, 0.29) is 13.0 Å². The van der Waals surface area contributed by atoms with Gasteiger partial charge in [0.15, 0.2) is 0 Å². The van der Waals surface area contributed by atoms with Gasteiger partial charge in [-0.15, -0.1) is 0 Å². The van der Waals surface area contributed by atoms with E-state index in [4.69, 9.17) is 9.15 Å². The van der Waals surface area contributed by atoms with E-state index < -0.39 is 29.7 Å². The summed E-state index contributed by atoms with van der Waals surface area (Å²) in [5.74, 6) is -0.498. The second-order valence-corrected chi connectivity index (χ2v) is 7.14. The third-order valence-electron chi connectivity index (χ3n) is 5.04. The molecule has 3 aromatic rings. The van der Waals surface area contributed by atoms with Crippen molar-refractivity contribution < 1.29 is 27.9 Å². The van der Waals surface area contributed by atoms with Gasteiger partial charge >= 0.3 is 6.03 Å². The first kappa shape index (κ1) is 21.1. The fourth-order valence-corrected chi connectivity index (χ4v) is 3.49. The number of rotatable bonds is 7. The van der Waals surface area contributed by atoms with Crippen molar-refractivity contribution in [3.63, 3.8) is 0 Å². The van der Waals surface area contributed by atoms with Gasteiger partial charge in [-0.25, -0.2) is 14.1 Å². The Morgan fingerprint density at radius 1 is 1.12 bits per heavy atom. The molecule has 0 bridgehead atoms. The van der Waals surface area contributed by atoms with Gasteiger partial charge in [0.25, 0.3) is 5.91 Å². The molecule has 1 N–H and O–H groups in total. The lowest BCUT2D eigenvalue weighted by Gasteiger charge is -2.20. The number of anilines is 2. The lowest BCUT2D eigenvalue weighted by Crippen LogP contribution is -2.37. The molecule has 32 heavy (non-hydrogen) atoms. The van der Waals surface area contributed by atoms with Crippen molar-refractivity contribution in [2.24, 2.45) is 0 Å². The molecule has 0 aliphatic carbocycles. The van der Waals surface area contributed by atoms with Gasteiger partial charge in [0.05, 0.1) is 32.0 Å². The topological polar surface area (TPSA) is 92.1 Å². The fraction of sp³-hybridized carbons (Fsp3) is 0.174. The van der Waals surface area contributed by atoms with Crippen LogP contribution >= 0.6 is 0 Å². The second kappa shape index (κ2) is 8.93. The van der Waals surface area contributed by atoms with Crippen LogP contribution < -0.4 is 15.0 Å². The summed E-state index contributed by atoms with van der Waals surface area (Å²) < 4.78 is 23.6. The molecule has 1 saturated heterocycles. The predicted octanol–water partition coefficient (Wildman–Crippen LogP) is 3.79. The third kappa shape index (κ3) is 4.31. The Morgan fingerprint density at radius 2 is 1.91 bits per heavy atom. The maximum Gasteiger partial charge on any atom is 0.332 e. The number of benzene rings is 2. The van der Waals surface area contributed by atoms with Crippen LogP contribution in [0.2, 0.25) is 0 Å². The Kier molecular flexibility index (Phi) is 5.89. The van der Waals surface area contributed by atoms with Crippen molar-refractivity contribution in [1.82, 2.24) is 4.90 Å². The van der Waals surface area contributed by atoms with Crippen LogP contribution in [0.1, 0.15) is 12.2 Å². The van der Waals surface area contributed by atoms with Crippen LogP contribution in [0.4, 0.5) is 20.6 Å². The largest absolute Gasteiger partial charge is 0.497 e. The molecule has 4 amide bonds. The highest BCUT2D eigenvalue weighted by atomic mass is 19.1. The van der Waals surface area contributed by atoms with Crippen LogP contribution in [0, 0.1) is 5.82 Å². The molecule has 8 nitrogen and oxygen atoms in total. The monoisotopic (exact) mass is 437 g/mol. The van der Waals surface area contributed by atoms with Gasteiger partial charge < -0.3 is 19.4 Å². The van der Waals surface area contributed by atoms with Gasteiger partial charge in [-0.3, -0.25) is 9.59 Å². The van der Waals surface area contributed by atoms with Gasteiger partial charge in [-0.05, 0) is 48.5 Å². The van der Waals surface area contributed by atoms with Crippen molar-refractivity contribution in [2.45, 2.75) is 19.0 Å². The highest BCUT2D eigenvalue weighted by Gasteiger charge is 2.47. The smallest absolute Gasteiger partial charge is 0.332 e. The van der Waals surface area contributed by atoms with Crippen molar-refractivity contribution in [2.75, 3.05) is 17.3 Å². The molecule has 9 heteroatoms. The van der Waals surface area contributed by atoms with Crippen LogP contribution in [-0.4, -0.2) is 35.9 Å². The Labute approximate surface area is 183 Å². The van der Waals surface area contributed by atoms with E-state index >= 15 is 0 Å². The molecule has 0 saturated carbocycles. The zero-order valence-corrected chi connectivity index (χ0v) is 17.2. The normalized spacial score (nSPS) is 15.9. The van der Waals surface area contributed by atoms with Gasteiger partial charge in [0.1, 0.15) is 23.4 Å². The molecule has 1 unspecified atom stereocenters. The van der Waals surface area contributed by atoms with E-state index in [1.165, 1.54) is 42.5 Å². The number of halogens is 1. The number of urea groups is 1. The summed E-state index contributed by atoms with van der Waals surface area (Å²) in [5.41, 5.74) is 0.723. The number of hydrogen-bond donors (Lipinski definition) is 1. The molecule has 4 rings (SSSR count). The highest BCUT2D eigenvalue weighted by Crippen LogP contribution is 2.30. The van der Waals surface area contributed by atoms with E-state index in [2.05, 4.69) is 5.32 Å². The zero-order valence-electron chi connectivity index (χ0n) is 17.2. The van der Waals surface area contributed by atoms with Gasteiger partial charge in [-0.2, -0.15) is 0 Å². The summed E-state index contributed by atoms with van der Waals surface area (Å²) in [6.07, 6.45) is 1.19. The Morgan fingerprint density at radius 3 is 2.59 bits per heavy atom. The zero-order chi connectivity index (χ0) is 22.7. The predicted molar refractivity (Wildman–Crippen MR) is 114 cm³/mol. The SMILES string of the molecule is COc1cccc(N2C(=O)C(CC(=O)Nc3ccc(F)cc3)N(Cc3ccco3)C2=O)c1. The first-order chi connectivity index (χ1) is 15.5. The van der Waals surface area contributed by atoms with E-state index in [9.17, 15) is 18.8 Å². The van der Waals surface area contributed by atoms with Gasteiger partial charge in [-0.1, -0.05) is 6.07 Å². The van der Waals surface area contributed by atoms with E-state index in [1.807, 2.05) is 0 Å². The summed E-state index contributed by atoms with van der Waals surface area (Å²) in [5, 5.41) is 2.63. The van der Waals surface area contributed by atoms with E-state index in [0.717, 1.165) is 4.90 Å². The van der Waals surface area contributed by atoms with Crippen molar-refractivity contribution in [3.8, 4) is 5.75 Å². The number of nitrogens with zero attached hydrogens (tertiary/aromatic N) is 2. The maximum absolute atomic E-state index is 13.2. The standard InChI is InChI=1S/C23H20FN3O5/c1-31-18-5-2-4-17(12-18)27-22(29)20(26(23(27)30)14-19-6-3-11-32-19)13-21(28)25-16-9-7-15(24)8-10-16/h2-12,20H,13-14H2,1H3,(H,25,28). The van der Waals surface area contributed by atoms with Crippen LogP contribution in [0.3, 0.4) is 0 Å². The summed E-state index contributed by atoms with van der Waals surface area (Å²) in [6.45, 7) is 0.0204. The van der Waals surface area contributed by atoms with Crippen molar-refractivity contribution in [3.05, 3.63) is 78.5 Å². The van der Waals surface area contributed by atoms with Crippen molar-refractivity contribution in [1.29, 1.82) is 0 Å². The first-order valence-corrected chi connectivity index (χ1v) is 9.82.